The second-order valence-electron chi connectivity index (χ2n) is 4.26. The first-order chi connectivity index (χ1) is 6.24. The minimum atomic E-state index is -0.958. The molecule has 2 heteroatoms. The van der Waals surface area contributed by atoms with Crippen LogP contribution in [0.5, 0.6) is 0 Å². The van der Waals surface area contributed by atoms with Crippen molar-refractivity contribution in [3.8, 4) is 0 Å². The van der Waals surface area contributed by atoms with Crippen molar-refractivity contribution in [1.29, 1.82) is 0 Å². The standard InChI is InChI=1S/C11H21FO/c1-2-3-4-5-9-6-7-11(13)10(12)8-9/h9-11,13H,2-8H2,1H3. The second-order valence-corrected chi connectivity index (χ2v) is 4.26. The molecular formula is C11H21FO. The molecule has 0 saturated heterocycles. The fraction of sp³-hybridized carbons (Fsp3) is 1.00. The molecule has 1 nitrogen and oxygen atoms in total. The van der Waals surface area contributed by atoms with Crippen LogP contribution >= 0.6 is 0 Å². The van der Waals surface area contributed by atoms with Crippen molar-refractivity contribution >= 4 is 0 Å². The van der Waals surface area contributed by atoms with Crippen LogP contribution in [-0.2, 0) is 0 Å². The molecule has 78 valence electrons. The molecule has 1 aliphatic rings. The summed E-state index contributed by atoms with van der Waals surface area (Å²) in [5, 5.41) is 9.19. The van der Waals surface area contributed by atoms with Crippen molar-refractivity contribution in [2.75, 3.05) is 0 Å². The van der Waals surface area contributed by atoms with Crippen molar-refractivity contribution in [2.24, 2.45) is 5.92 Å². The zero-order chi connectivity index (χ0) is 9.68. The summed E-state index contributed by atoms with van der Waals surface area (Å²) in [6.45, 7) is 2.18. The number of aliphatic hydroxyl groups excluding tert-OH is 1. The van der Waals surface area contributed by atoms with Crippen LogP contribution in [0.25, 0.3) is 0 Å². The van der Waals surface area contributed by atoms with Gasteiger partial charge in [-0.15, -0.1) is 0 Å². The van der Waals surface area contributed by atoms with Gasteiger partial charge >= 0.3 is 0 Å². The number of hydrogen-bond acceptors (Lipinski definition) is 1. The summed E-state index contributed by atoms with van der Waals surface area (Å²) >= 11 is 0. The van der Waals surface area contributed by atoms with Gasteiger partial charge in [0.25, 0.3) is 0 Å². The van der Waals surface area contributed by atoms with Crippen molar-refractivity contribution in [3.63, 3.8) is 0 Å². The van der Waals surface area contributed by atoms with E-state index >= 15 is 0 Å². The average molecular weight is 188 g/mol. The zero-order valence-corrected chi connectivity index (χ0v) is 8.51. The van der Waals surface area contributed by atoms with Crippen molar-refractivity contribution in [3.05, 3.63) is 0 Å². The lowest BCUT2D eigenvalue weighted by Gasteiger charge is -2.28. The van der Waals surface area contributed by atoms with Gasteiger partial charge in [0, 0.05) is 0 Å². The number of rotatable bonds is 4. The molecule has 0 aliphatic heterocycles. The largest absolute Gasteiger partial charge is 0.390 e. The molecule has 1 fully saturated rings. The van der Waals surface area contributed by atoms with Gasteiger partial charge < -0.3 is 5.11 Å². The average Bonchev–Trinajstić information content (AvgIpc) is 2.12. The maximum Gasteiger partial charge on any atom is 0.126 e. The van der Waals surface area contributed by atoms with E-state index < -0.39 is 12.3 Å². The van der Waals surface area contributed by atoms with E-state index in [0.717, 1.165) is 12.8 Å². The van der Waals surface area contributed by atoms with Gasteiger partial charge in [0.1, 0.15) is 6.17 Å². The lowest BCUT2D eigenvalue weighted by Crippen LogP contribution is -2.30. The third-order valence-corrected chi connectivity index (χ3v) is 3.06. The van der Waals surface area contributed by atoms with Gasteiger partial charge in [0.2, 0.25) is 0 Å². The van der Waals surface area contributed by atoms with E-state index in [2.05, 4.69) is 6.92 Å². The monoisotopic (exact) mass is 188 g/mol. The summed E-state index contributed by atoms with van der Waals surface area (Å²) < 4.78 is 13.1. The van der Waals surface area contributed by atoms with Crippen LogP contribution in [0, 0.1) is 5.92 Å². The fourth-order valence-electron chi connectivity index (χ4n) is 2.13. The maximum absolute atomic E-state index is 13.1. The van der Waals surface area contributed by atoms with E-state index in [9.17, 15) is 9.50 Å². The predicted molar refractivity (Wildman–Crippen MR) is 52.4 cm³/mol. The number of alkyl halides is 1. The molecule has 0 aromatic carbocycles. The lowest BCUT2D eigenvalue weighted by molar-refractivity contribution is 0.0226. The molecule has 1 N–H and O–H groups in total. The van der Waals surface area contributed by atoms with Crippen LogP contribution < -0.4 is 0 Å². The molecule has 13 heavy (non-hydrogen) atoms. The van der Waals surface area contributed by atoms with E-state index in [4.69, 9.17) is 0 Å². The Bertz CT molecular complexity index is 138. The van der Waals surface area contributed by atoms with Crippen molar-refractivity contribution < 1.29 is 9.50 Å². The number of hydrogen-bond donors (Lipinski definition) is 1. The quantitative estimate of drug-likeness (QED) is 0.672. The van der Waals surface area contributed by atoms with Gasteiger partial charge in [-0.2, -0.15) is 0 Å². The van der Waals surface area contributed by atoms with Crippen LogP contribution in [0.15, 0.2) is 0 Å². The highest BCUT2D eigenvalue weighted by molar-refractivity contribution is 4.79. The van der Waals surface area contributed by atoms with E-state index in [0.29, 0.717) is 18.8 Å². The Hall–Kier alpha value is -0.110. The van der Waals surface area contributed by atoms with Crippen molar-refractivity contribution in [2.45, 2.75) is 64.1 Å². The maximum atomic E-state index is 13.1. The normalized spacial score (nSPS) is 34.8. The van der Waals surface area contributed by atoms with Crippen LogP contribution in [-0.4, -0.2) is 17.4 Å². The van der Waals surface area contributed by atoms with Gasteiger partial charge in [-0.1, -0.05) is 32.6 Å². The molecule has 0 bridgehead atoms. The molecule has 0 heterocycles. The van der Waals surface area contributed by atoms with Gasteiger partial charge in [0.05, 0.1) is 6.10 Å². The van der Waals surface area contributed by atoms with Gasteiger partial charge in [0.15, 0.2) is 0 Å². The Balaban J connectivity index is 2.14. The molecule has 0 aromatic heterocycles. The molecule has 0 radical (unpaired) electrons. The predicted octanol–water partition coefficient (Wildman–Crippen LogP) is 3.07. The summed E-state index contributed by atoms with van der Waals surface area (Å²) in [6, 6.07) is 0. The Kier molecular flexibility index (Phi) is 4.71. The molecule has 3 unspecified atom stereocenters. The Morgan fingerprint density at radius 1 is 1.31 bits per heavy atom. The summed E-state index contributed by atoms with van der Waals surface area (Å²) in [5.74, 6) is 0.532. The third-order valence-electron chi connectivity index (χ3n) is 3.06. The first-order valence-corrected chi connectivity index (χ1v) is 5.56. The molecule has 0 amide bonds. The summed E-state index contributed by atoms with van der Waals surface area (Å²) in [7, 11) is 0. The molecular weight excluding hydrogens is 167 g/mol. The SMILES string of the molecule is CCCCCC1CCC(O)C(F)C1. The van der Waals surface area contributed by atoms with Crippen LogP contribution in [0.1, 0.15) is 51.9 Å². The summed E-state index contributed by atoms with van der Waals surface area (Å²) in [6.07, 6.45) is 5.51. The minimum absolute atomic E-state index is 0.532. The highest BCUT2D eigenvalue weighted by Gasteiger charge is 2.28. The van der Waals surface area contributed by atoms with Gasteiger partial charge in [-0.25, -0.2) is 4.39 Å². The highest BCUT2D eigenvalue weighted by atomic mass is 19.1. The van der Waals surface area contributed by atoms with E-state index in [1.807, 2.05) is 0 Å². The Morgan fingerprint density at radius 2 is 2.08 bits per heavy atom. The van der Waals surface area contributed by atoms with Crippen molar-refractivity contribution in [1.82, 2.24) is 0 Å². The topological polar surface area (TPSA) is 20.2 Å². The lowest BCUT2D eigenvalue weighted by atomic mass is 9.83. The fourth-order valence-corrected chi connectivity index (χ4v) is 2.13. The summed E-state index contributed by atoms with van der Waals surface area (Å²) in [5.41, 5.74) is 0. The smallest absolute Gasteiger partial charge is 0.126 e. The minimum Gasteiger partial charge on any atom is -0.390 e. The summed E-state index contributed by atoms with van der Waals surface area (Å²) in [4.78, 5) is 0. The van der Waals surface area contributed by atoms with Crippen LogP contribution in [0.2, 0.25) is 0 Å². The number of unbranched alkanes of at least 4 members (excludes halogenated alkanes) is 2. The first kappa shape index (κ1) is 11.0. The molecule has 3 atom stereocenters. The second kappa shape index (κ2) is 5.58. The Morgan fingerprint density at radius 3 is 2.69 bits per heavy atom. The molecule has 0 aromatic rings. The highest BCUT2D eigenvalue weighted by Crippen LogP contribution is 2.30. The zero-order valence-electron chi connectivity index (χ0n) is 8.51. The van der Waals surface area contributed by atoms with E-state index in [1.165, 1.54) is 19.3 Å². The van der Waals surface area contributed by atoms with Crippen LogP contribution in [0.4, 0.5) is 4.39 Å². The number of aliphatic hydroxyl groups is 1. The molecule has 0 spiro atoms. The van der Waals surface area contributed by atoms with Gasteiger partial charge in [-0.05, 0) is 25.2 Å². The number of halogens is 1. The molecule has 1 aliphatic carbocycles. The van der Waals surface area contributed by atoms with E-state index in [1.54, 1.807) is 0 Å². The third kappa shape index (κ3) is 3.63. The molecule has 1 rings (SSSR count). The Labute approximate surface area is 80.3 Å². The van der Waals surface area contributed by atoms with Crippen LogP contribution in [0.3, 0.4) is 0 Å². The van der Waals surface area contributed by atoms with E-state index in [-0.39, 0.29) is 0 Å². The molecule has 1 saturated carbocycles. The van der Waals surface area contributed by atoms with Gasteiger partial charge in [-0.3, -0.25) is 0 Å². The first-order valence-electron chi connectivity index (χ1n) is 5.56.